The van der Waals surface area contributed by atoms with Crippen molar-refractivity contribution < 1.29 is 28.0 Å². The van der Waals surface area contributed by atoms with Gasteiger partial charge in [-0.15, -0.1) is 0 Å². The first-order chi connectivity index (χ1) is 28.2. The summed E-state index contributed by atoms with van der Waals surface area (Å²) in [5.74, 6) is -0.137. The minimum absolute atomic E-state index is 0.00561. The topological polar surface area (TPSA) is 103 Å². The molecule has 340 valence electrons. The summed E-state index contributed by atoms with van der Waals surface area (Å²) in [5.41, 5.74) is 5.38. The number of ether oxygens (including phenoxy) is 2. The second kappa shape index (κ2) is 37.7. The lowest BCUT2D eigenvalue weighted by molar-refractivity contribution is -0.184. The van der Waals surface area contributed by atoms with Gasteiger partial charge in [-0.3, -0.25) is 9.05 Å². The van der Waals surface area contributed by atoms with E-state index >= 15 is 0 Å². The van der Waals surface area contributed by atoms with E-state index in [1.165, 1.54) is 128 Å². The van der Waals surface area contributed by atoms with Gasteiger partial charge >= 0.3 is 7.82 Å². The highest BCUT2D eigenvalue weighted by Gasteiger charge is 2.42. The monoisotopic (exact) mass is 837 g/mol. The SMILES string of the molecule is CCCCC/C=C\C/C=C\CCCCCCCCC1(CCCCCCCC/C=C\C/C=C\CCCCC)OC[C@H](C(C)CC(C)N(C)CCOP(=O)(O)OCCN)O1. The van der Waals surface area contributed by atoms with Gasteiger partial charge in [0, 0.05) is 32.0 Å². The zero-order chi connectivity index (χ0) is 42.4. The Morgan fingerprint density at radius 2 is 1.12 bits per heavy atom. The molecule has 3 unspecified atom stereocenters. The fraction of sp³-hybridized carbons (Fsp3) is 0.837. The van der Waals surface area contributed by atoms with Gasteiger partial charge in [0.1, 0.15) is 0 Å². The number of phosphoric ester groups is 1. The van der Waals surface area contributed by atoms with Crippen LogP contribution in [0.3, 0.4) is 0 Å². The van der Waals surface area contributed by atoms with Gasteiger partial charge in [-0.25, -0.2) is 4.57 Å². The van der Waals surface area contributed by atoms with Crippen molar-refractivity contribution in [1.29, 1.82) is 0 Å². The molecule has 0 spiro atoms. The maximum atomic E-state index is 12.0. The average molecular weight is 837 g/mol. The van der Waals surface area contributed by atoms with Crippen molar-refractivity contribution in [2.24, 2.45) is 11.7 Å². The van der Waals surface area contributed by atoms with Gasteiger partial charge in [-0.2, -0.15) is 0 Å². The van der Waals surface area contributed by atoms with Crippen LogP contribution in [0.2, 0.25) is 0 Å². The summed E-state index contributed by atoms with van der Waals surface area (Å²) in [6, 6.07) is 0.250. The lowest BCUT2D eigenvalue weighted by Gasteiger charge is -2.31. The van der Waals surface area contributed by atoms with Crippen molar-refractivity contribution >= 4 is 7.82 Å². The van der Waals surface area contributed by atoms with Crippen molar-refractivity contribution in [2.75, 3.05) is 40.0 Å². The summed E-state index contributed by atoms with van der Waals surface area (Å²) in [4.78, 5) is 12.0. The number of likely N-dealkylation sites (N-methyl/N-ethyl adjacent to an activating group) is 1. The van der Waals surface area contributed by atoms with E-state index in [1.807, 2.05) is 7.05 Å². The van der Waals surface area contributed by atoms with E-state index in [0.29, 0.717) is 19.1 Å². The molecule has 0 bridgehead atoms. The number of hydrogen-bond acceptors (Lipinski definition) is 7. The average Bonchev–Trinajstić information content (AvgIpc) is 3.64. The van der Waals surface area contributed by atoms with Crippen molar-refractivity contribution in [3.63, 3.8) is 0 Å². The molecular weight excluding hydrogens is 744 g/mol. The number of allylic oxidation sites excluding steroid dienone is 8. The van der Waals surface area contributed by atoms with Crippen LogP contribution in [-0.4, -0.2) is 67.7 Å². The fourth-order valence-corrected chi connectivity index (χ4v) is 8.33. The van der Waals surface area contributed by atoms with Crippen LogP contribution in [-0.2, 0) is 23.1 Å². The van der Waals surface area contributed by atoms with Gasteiger partial charge in [-0.05, 0) is 103 Å². The van der Waals surface area contributed by atoms with Crippen LogP contribution < -0.4 is 5.73 Å². The molecule has 0 aromatic heterocycles. The first kappa shape index (κ1) is 54.9. The molecule has 4 atom stereocenters. The highest BCUT2D eigenvalue weighted by Crippen LogP contribution is 2.42. The molecule has 0 aromatic rings. The van der Waals surface area contributed by atoms with Crippen LogP contribution in [0, 0.1) is 5.92 Å². The lowest BCUT2D eigenvalue weighted by Crippen LogP contribution is -2.37. The minimum Gasteiger partial charge on any atom is -0.347 e. The van der Waals surface area contributed by atoms with Gasteiger partial charge in [0.05, 0.1) is 25.9 Å². The first-order valence-electron chi connectivity index (χ1n) is 24.1. The third kappa shape index (κ3) is 30.9. The Bertz CT molecular complexity index is 1050. The van der Waals surface area contributed by atoms with E-state index in [1.54, 1.807) is 0 Å². The van der Waals surface area contributed by atoms with E-state index in [9.17, 15) is 9.46 Å². The van der Waals surface area contributed by atoms with E-state index in [4.69, 9.17) is 24.3 Å². The van der Waals surface area contributed by atoms with Crippen molar-refractivity contribution in [3.05, 3.63) is 48.6 Å². The summed E-state index contributed by atoms with van der Waals surface area (Å²) in [6.45, 7) is 10.4. The highest BCUT2D eigenvalue weighted by molar-refractivity contribution is 7.47. The zero-order valence-electron chi connectivity index (χ0n) is 38.4. The van der Waals surface area contributed by atoms with Gasteiger partial charge in [-0.1, -0.05) is 146 Å². The van der Waals surface area contributed by atoms with Crippen LogP contribution >= 0.6 is 7.82 Å². The minimum atomic E-state index is -4.06. The summed E-state index contributed by atoms with van der Waals surface area (Å²) in [5, 5.41) is 0. The smallest absolute Gasteiger partial charge is 0.347 e. The van der Waals surface area contributed by atoms with Crippen LogP contribution in [0.15, 0.2) is 48.6 Å². The zero-order valence-corrected chi connectivity index (χ0v) is 39.3. The molecule has 1 fully saturated rings. The third-order valence-electron chi connectivity index (χ3n) is 11.6. The summed E-state index contributed by atoms with van der Waals surface area (Å²) < 4.78 is 35.5. The number of rotatable bonds is 41. The summed E-state index contributed by atoms with van der Waals surface area (Å²) in [7, 11) is -2.04. The number of nitrogens with zero attached hydrogens (tertiary/aromatic N) is 1. The molecule has 0 saturated carbocycles. The van der Waals surface area contributed by atoms with E-state index in [-0.39, 0.29) is 31.9 Å². The molecule has 1 rings (SSSR count). The van der Waals surface area contributed by atoms with Gasteiger partial charge < -0.3 is 25.0 Å². The molecule has 0 aromatic carbocycles. The molecule has 1 saturated heterocycles. The number of unbranched alkanes of at least 4 members (excludes halogenated alkanes) is 18. The van der Waals surface area contributed by atoms with Crippen LogP contribution in [0.25, 0.3) is 0 Å². The van der Waals surface area contributed by atoms with E-state index in [2.05, 4.69) is 81.2 Å². The van der Waals surface area contributed by atoms with Crippen LogP contribution in [0.4, 0.5) is 0 Å². The number of phosphoric acid groups is 1. The molecule has 0 amide bonds. The Hall–Kier alpha value is -1.09. The van der Waals surface area contributed by atoms with Crippen molar-refractivity contribution in [3.8, 4) is 0 Å². The second-order valence-corrected chi connectivity index (χ2v) is 18.5. The maximum absolute atomic E-state index is 12.0. The molecule has 0 radical (unpaired) electrons. The van der Waals surface area contributed by atoms with Crippen LogP contribution in [0.5, 0.6) is 0 Å². The largest absolute Gasteiger partial charge is 0.472 e. The Balaban J connectivity index is 2.48. The molecule has 9 heteroatoms. The predicted molar refractivity (Wildman–Crippen MR) is 248 cm³/mol. The molecule has 1 heterocycles. The van der Waals surface area contributed by atoms with E-state index in [0.717, 1.165) is 44.9 Å². The maximum Gasteiger partial charge on any atom is 0.472 e. The quantitative estimate of drug-likeness (QED) is 0.0356. The molecule has 58 heavy (non-hydrogen) atoms. The molecular formula is C49H93N2O6P. The van der Waals surface area contributed by atoms with Crippen molar-refractivity contribution in [1.82, 2.24) is 4.90 Å². The highest BCUT2D eigenvalue weighted by atomic mass is 31.2. The van der Waals surface area contributed by atoms with Gasteiger partial charge in [0.15, 0.2) is 5.79 Å². The molecule has 3 N–H and O–H groups in total. The fourth-order valence-electron chi connectivity index (χ4n) is 7.61. The molecule has 1 aliphatic rings. The van der Waals surface area contributed by atoms with Gasteiger partial charge in [0.25, 0.3) is 0 Å². The Morgan fingerprint density at radius 3 is 1.59 bits per heavy atom. The number of nitrogens with two attached hydrogens (primary N) is 1. The van der Waals surface area contributed by atoms with Crippen molar-refractivity contribution in [2.45, 2.75) is 219 Å². The normalized spacial score (nSPS) is 18.2. The third-order valence-corrected chi connectivity index (χ3v) is 12.6. The Labute approximate surface area is 358 Å². The van der Waals surface area contributed by atoms with E-state index < -0.39 is 13.6 Å². The first-order valence-corrected chi connectivity index (χ1v) is 25.6. The summed E-state index contributed by atoms with van der Waals surface area (Å²) in [6.07, 6.45) is 51.7. The molecule has 8 nitrogen and oxygen atoms in total. The molecule has 0 aliphatic carbocycles. The standard InChI is InChI=1S/C49H93N2O6P/c1-6-8-10-12-14-16-18-20-22-24-26-28-30-32-34-36-38-49(39-37-35-33-31-29-27-25-23-21-19-17-15-13-11-9-7-2)54-45-48(57-49)46(3)44-47(4)51(5)41-43-56-58(52,53)55-42-40-50/h14-17,20-23,46-48H,6-13,18-19,24-45,50H2,1-5H3,(H,52,53)/b16-14-,17-15-,22-20-,23-21-/t46?,47?,48-/m1/s1. The summed E-state index contributed by atoms with van der Waals surface area (Å²) >= 11 is 0. The Kier molecular flexibility index (Phi) is 35.7. The van der Waals surface area contributed by atoms with Gasteiger partial charge in [0.2, 0.25) is 0 Å². The predicted octanol–water partition coefficient (Wildman–Crippen LogP) is 13.9. The second-order valence-electron chi connectivity index (χ2n) is 17.0. The Morgan fingerprint density at radius 1 is 0.690 bits per heavy atom. The molecule has 1 aliphatic heterocycles. The van der Waals surface area contributed by atoms with Crippen LogP contribution in [0.1, 0.15) is 201 Å². The lowest BCUT2D eigenvalue weighted by atomic mass is 9.96. The number of hydrogen-bond donors (Lipinski definition) is 2.